The van der Waals surface area contributed by atoms with Gasteiger partial charge in [0.15, 0.2) is 0 Å². The van der Waals surface area contributed by atoms with Gasteiger partial charge in [0.25, 0.3) is 5.91 Å². The molecular weight excluding hydrogens is 368 g/mol. The van der Waals surface area contributed by atoms with E-state index in [0.29, 0.717) is 28.6 Å². The van der Waals surface area contributed by atoms with Gasteiger partial charge in [-0.3, -0.25) is 19.3 Å². The number of nitrogens with zero attached hydrogens (tertiary/aromatic N) is 1. The van der Waals surface area contributed by atoms with E-state index in [9.17, 15) is 14.4 Å². The highest BCUT2D eigenvalue weighted by Crippen LogP contribution is 2.42. The molecule has 0 spiro atoms. The van der Waals surface area contributed by atoms with Crippen LogP contribution in [0.15, 0.2) is 48.5 Å². The standard InChI is InChI=1S/C23H24N2O4/c1-14-6-11-19-20(12-14)23(28)25(22(19)27)17-9-7-15(8-10-17)21(26)24-16-4-3-5-18(13-16)29-2/h3-5,7-10,13-14,19-20H,6,11-12H2,1-2H3,(H,24,26)/t14-,19-,20-/m0/s1. The van der Waals surface area contributed by atoms with Crippen LogP contribution in [0.25, 0.3) is 0 Å². The average Bonchev–Trinajstić information content (AvgIpc) is 2.98. The molecule has 4 rings (SSSR count). The summed E-state index contributed by atoms with van der Waals surface area (Å²) in [5, 5.41) is 2.82. The number of nitrogens with one attached hydrogen (secondary N) is 1. The van der Waals surface area contributed by atoms with Crippen molar-refractivity contribution in [3.8, 4) is 5.75 Å². The van der Waals surface area contributed by atoms with E-state index in [0.717, 1.165) is 19.3 Å². The lowest BCUT2D eigenvalue weighted by Crippen LogP contribution is -2.30. The van der Waals surface area contributed by atoms with Crippen LogP contribution in [0.3, 0.4) is 0 Å². The molecule has 0 aromatic heterocycles. The molecule has 0 unspecified atom stereocenters. The molecule has 1 aliphatic carbocycles. The summed E-state index contributed by atoms with van der Waals surface area (Å²) in [6, 6.07) is 13.7. The van der Waals surface area contributed by atoms with Gasteiger partial charge in [0, 0.05) is 17.3 Å². The van der Waals surface area contributed by atoms with Gasteiger partial charge in [0.2, 0.25) is 11.8 Å². The summed E-state index contributed by atoms with van der Waals surface area (Å²) in [5.41, 5.74) is 1.60. The molecule has 3 atom stereocenters. The molecule has 2 aromatic rings. The summed E-state index contributed by atoms with van der Waals surface area (Å²) in [6.07, 6.45) is 2.53. The minimum absolute atomic E-state index is 0.111. The zero-order valence-electron chi connectivity index (χ0n) is 16.6. The van der Waals surface area contributed by atoms with Gasteiger partial charge in [0.1, 0.15) is 5.75 Å². The third-order valence-electron chi connectivity index (χ3n) is 5.90. The maximum absolute atomic E-state index is 12.8. The normalized spacial score (nSPS) is 23.7. The van der Waals surface area contributed by atoms with E-state index >= 15 is 0 Å². The van der Waals surface area contributed by atoms with Crippen LogP contribution in [0.4, 0.5) is 11.4 Å². The molecule has 1 saturated heterocycles. The van der Waals surface area contributed by atoms with E-state index in [1.807, 2.05) is 0 Å². The molecular formula is C23H24N2O4. The Morgan fingerprint density at radius 1 is 1.03 bits per heavy atom. The first kappa shape index (κ1) is 19.2. The topological polar surface area (TPSA) is 75.7 Å². The van der Waals surface area contributed by atoms with Crippen LogP contribution in [-0.4, -0.2) is 24.8 Å². The molecule has 3 amide bonds. The van der Waals surface area contributed by atoms with Crippen LogP contribution >= 0.6 is 0 Å². The maximum atomic E-state index is 12.8. The van der Waals surface area contributed by atoms with E-state index in [-0.39, 0.29) is 29.6 Å². The lowest BCUT2D eigenvalue weighted by atomic mass is 9.76. The summed E-state index contributed by atoms with van der Waals surface area (Å²) in [6.45, 7) is 2.13. The van der Waals surface area contributed by atoms with Crippen molar-refractivity contribution in [1.29, 1.82) is 0 Å². The molecule has 2 fully saturated rings. The smallest absolute Gasteiger partial charge is 0.255 e. The summed E-state index contributed by atoms with van der Waals surface area (Å²) in [5.74, 6) is 0.222. The van der Waals surface area contributed by atoms with Gasteiger partial charge in [0.05, 0.1) is 24.6 Å². The monoisotopic (exact) mass is 392 g/mol. The number of hydrogen-bond donors (Lipinski definition) is 1. The zero-order valence-corrected chi connectivity index (χ0v) is 16.6. The average molecular weight is 392 g/mol. The van der Waals surface area contributed by atoms with Crippen molar-refractivity contribution in [2.24, 2.45) is 17.8 Å². The van der Waals surface area contributed by atoms with Gasteiger partial charge in [-0.2, -0.15) is 0 Å². The Balaban J connectivity index is 1.49. The number of amides is 3. The van der Waals surface area contributed by atoms with E-state index in [4.69, 9.17) is 4.74 Å². The van der Waals surface area contributed by atoms with Crippen LogP contribution in [-0.2, 0) is 9.59 Å². The second kappa shape index (κ2) is 7.70. The summed E-state index contributed by atoms with van der Waals surface area (Å²) >= 11 is 0. The first-order valence-corrected chi connectivity index (χ1v) is 9.91. The summed E-state index contributed by atoms with van der Waals surface area (Å²) in [7, 11) is 1.57. The number of fused-ring (bicyclic) bond motifs is 1. The van der Waals surface area contributed by atoms with Gasteiger partial charge >= 0.3 is 0 Å². The number of methoxy groups -OCH3 is 1. The highest BCUT2D eigenvalue weighted by atomic mass is 16.5. The number of benzene rings is 2. The van der Waals surface area contributed by atoms with E-state index in [2.05, 4.69) is 12.2 Å². The van der Waals surface area contributed by atoms with Crippen LogP contribution in [0.2, 0.25) is 0 Å². The zero-order chi connectivity index (χ0) is 20.5. The molecule has 1 saturated carbocycles. The molecule has 29 heavy (non-hydrogen) atoms. The van der Waals surface area contributed by atoms with Gasteiger partial charge in [-0.05, 0) is 61.6 Å². The predicted octanol–water partition coefficient (Wildman–Crippen LogP) is 3.87. The number of ether oxygens (including phenoxy) is 1. The molecule has 0 radical (unpaired) electrons. The Hall–Kier alpha value is -3.15. The Labute approximate surface area is 169 Å². The summed E-state index contributed by atoms with van der Waals surface area (Å²) in [4.78, 5) is 39.4. The van der Waals surface area contributed by atoms with Crippen molar-refractivity contribution in [2.75, 3.05) is 17.3 Å². The fraction of sp³-hybridized carbons (Fsp3) is 0.348. The Bertz CT molecular complexity index is 954. The number of hydrogen-bond acceptors (Lipinski definition) is 4. The van der Waals surface area contributed by atoms with Crippen molar-refractivity contribution in [3.05, 3.63) is 54.1 Å². The summed E-state index contributed by atoms with van der Waals surface area (Å²) < 4.78 is 5.16. The first-order valence-electron chi connectivity index (χ1n) is 9.91. The van der Waals surface area contributed by atoms with E-state index in [1.54, 1.807) is 55.6 Å². The highest BCUT2D eigenvalue weighted by Gasteiger charge is 2.49. The SMILES string of the molecule is COc1cccc(NC(=O)c2ccc(N3C(=O)[C@H]4CC[C@H](C)C[C@@H]4C3=O)cc2)c1. The van der Waals surface area contributed by atoms with Crippen LogP contribution in [0, 0.1) is 17.8 Å². The minimum Gasteiger partial charge on any atom is -0.497 e. The minimum atomic E-state index is -0.272. The molecule has 2 aliphatic rings. The lowest BCUT2D eigenvalue weighted by Gasteiger charge is -2.25. The van der Waals surface area contributed by atoms with E-state index in [1.165, 1.54) is 4.90 Å². The molecule has 6 nitrogen and oxygen atoms in total. The van der Waals surface area contributed by atoms with Crippen LogP contribution < -0.4 is 15.0 Å². The lowest BCUT2D eigenvalue weighted by molar-refractivity contribution is -0.122. The largest absolute Gasteiger partial charge is 0.497 e. The van der Waals surface area contributed by atoms with Gasteiger partial charge in [-0.15, -0.1) is 0 Å². The molecule has 0 bridgehead atoms. The maximum Gasteiger partial charge on any atom is 0.255 e. The molecule has 150 valence electrons. The van der Waals surface area contributed by atoms with Crippen LogP contribution in [0.1, 0.15) is 36.5 Å². The van der Waals surface area contributed by atoms with Crippen molar-refractivity contribution in [2.45, 2.75) is 26.2 Å². The van der Waals surface area contributed by atoms with Gasteiger partial charge < -0.3 is 10.1 Å². The quantitative estimate of drug-likeness (QED) is 0.802. The van der Waals surface area contributed by atoms with E-state index < -0.39 is 0 Å². The Morgan fingerprint density at radius 2 is 1.76 bits per heavy atom. The second-order valence-corrected chi connectivity index (χ2v) is 7.88. The van der Waals surface area contributed by atoms with Crippen molar-refractivity contribution in [3.63, 3.8) is 0 Å². The van der Waals surface area contributed by atoms with Gasteiger partial charge in [-0.1, -0.05) is 13.0 Å². The van der Waals surface area contributed by atoms with Gasteiger partial charge in [-0.25, -0.2) is 0 Å². The number of rotatable bonds is 4. The number of carbonyl (C=O) groups is 3. The van der Waals surface area contributed by atoms with Crippen molar-refractivity contribution < 1.29 is 19.1 Å². The number of imide groups is 1. The van der Waals surface area contributed by atoms with Crippen molar-refractivity contribution >= 4 is 29.1 Å². The van der Waals surface area contributed by atoms with Crippen LogP contribution in [0.5, 0.6) is 5.75 Å². The first-order chi connectivity index (χ1) is 14.0. The highest BCUT2D eigenvalue weighted by molar-refractivity contribution is 6.22. The second-order valence-electron chi connectivity index (χ2n) is 7.88. The third kappa shape index (κ3) is 3.62. The molecule has 1 N–H and O–H groups in total. The Kier molecular flexibility index (Phi) is 5.09. The predicted molar refractivity (Wildman–Crippen MR) is 110 cm³/mol. The fourth-order valence-corrected chi connectivity index (χ4v) is 4.31. The molecule has 1 aliphatic heterocycles. The number of anilines is 2. The third-order valence-corrected chi connectivity index (χ3v) is 5.90. The fourth-order valence-electron chi connectivity index (χ4n) is 4.31. The Morgan fingerprint density at radius 3 is 2.48 bits per heavy atom. The number of carbonyl (C=O) groups excluding carboxylic acids is 3. The molecule has 1 heterocycles. The molecule has 6 heteroatoms. The van der Waals surface area contributed by atoms with Crippen molar-refractivity contribution in [1.82, 2.24) is 0 Å². The molecule has 2 aromatic carbocycles.